The van der Waals surface area contributed by atoms with E-state index in [1.807, 2.05) is 18.5 Å². The fourth-order valence-corrected chi connectivity index (χ4v) is 4.65. The molecular formula is C24H29F2N3O4. The predicted octanol–water partition coefficient (Wildman–Crippen LogP) is 3.30. The van der Waals surface area contributed by atoms with Crippen LogP contribution >= 0.6 is 0 Å². The molecule has 0 aliphatic carbocycles. The van der Waals surface area contributed by atoms with E-state index in [0.29, 0.717) is 44.7 Å². The van der Waals surface area contributed by atoms with Crippen LogP contribution in [0.25, 0.3) is 0 Å². The fraction of sp³-hybridized carbons (Fsp3) is 0.542. The number of halogens is 2. The Bertz CT molecular complexity index is 1030. The van der Waals surface area contributed by atoms with E-state index in [2.05, 4.69) is 5.32 Å². The van der Waals surface area contributed by atoms with Crippen LogP contribution in [0, 0.1) is 23.0 Å². The maximum atomic E-state index is 13.8. The second-order valence-corrected chi connectivity index (χ2v) is 9.08. The Morgan fingerprint density at radius 3 is 2.67 bits per heavy atom. The van der Waals surface area contributed by atoms with E-state index < -0.39 is 23.2 Å². The van der Waals surface area contributed by atoms with Crippen molar-refractivity contribution in [1.29, 1.82) is 0 Å². The van der Waals surface area contributed by atoms with Crippen molar-refractivity contribution >= 4 is 11.9 Å². The van der Waals surface area contributed by atoms with E-state index in [1.54, 1.807) is 0 Å². The summed E-state index contributed by atoms with van der Waals surface area (Å²) in [7, 11) is 0. The number of hydrogen-bond donors (Lipinski definition) is 1. The molecule has 2 aliphatic rings. The van der Waals surface area contributed by atoms with Gasteiger partial charge in [0.25, 0.3) is 5.91 Å². The van der Waals surface area contributed by atoms with Crippen molar-refractivity contribution in [2.75, 3.05) is 26.4 Å². The molecule has 1 aromatic heterocycles. The number of ether oxygens (including phenoxy) is 2. The van der Waals surface area contributed by atoms with E-state index in [4.69, 9.17) is 14.6 Å². The third-order valence-electron chi connectivity index (χ3n) is 6.56. The summed E-state index contributed by atoms with van der Waals surface area (Å²) in [6.07, 6.45) is 3.06. The van der Waals surface area contributed by atoms with Crippen LogP contribution in [0.3, 0.4) is 0 Å². The number of amides is 1. The molecule has 0 radical (unpaired) electrons. The Balaban J connectivity index is 1.51. The van der Waals surface area contributed by atoms with Crippen molar-refractivity contribution in [2.45, 2.75) is 46.1 Å². The standard InChI is InChI=1S/C24H29F2N3O4/c1-3-18-21-19(11-24(14-27-22(21)30)7-9-32-10-8-24)29(28-18)12-15(2)13-33-23(31)20-16(25)5-4-6-17(20)26/h4-6,15H,3,7-14H2,1-2H3,(H,27,30)/t15-/m1/s1. The fourth-order valence-electron chi connectivity index (χ4n) is 4.65. The Kier molecular flexibility index (Phi) is 6.78. The van der Waals surface area contributed by atoms with Gasteiger partial charge in [-0.1, -0.05) is 19.9 Å². The summed E-state index contributed by atoms with van der Waals surface area (Å²) in [5.74, 6) is -3.23. The van der Waals surface area contributed by atoms with Gasteiger partial charge in [-0.2, -0.15) is 5.10 Å². The van der Waals surface area contributed by atoms with Crippen LogP contribution in [-0.2, 0) is 28.9 Å². The highest BCUT2D eigenvalue weighted by Crippen LogP contribution is 2.37. The summed E-state index contributed by atoms with van der Waals surface area (Å²) in [4.78, 5) is 25.1. The van der Waals surface area contributed by atoms with E-state index in [9.17, 15) is 18.4 Å². The highest BCUT2D eigenvalue weighted by Gasteiger charge is 2.39. The minimum Gasteiger partial charge on any atom is -0.462 e. The molecule has 1 N–H and O–H groups in total. The minimum atomic E-state index is -1.04. The van der Waals surface area contributed by atoms with Gasteiger partial charge in [0.2, 0.25) is 0 Å². The largest absolute Gasteiger partial charge is 0.462 e. The van der Waals surface area contributed by atoms with Gasteiger partial charge in [-0.15, -0.1) is 0 Å². The van der Waals surface area contributed by atoms with Gasteiger partial charge in [-0.25, -0.2) is 13.6 Å². The zero-order chi connectivity index (χ0) is 23.6. The first-order chi connectivity index (χ1) is 15.8. The molecule has 4 rings (SSSR count). The van der Waals surface area contributed by atoms with Gasteiger partial charge < -0.3 is 14.8 Å². The van der Waals surface area contributed by atoms with Crippen molar-refractivity contribution in [1.82, 2.24) is 15.1 Å². The Morgan fingerprint density at radius 1 is 1.30 bits per heavy atom. The average molecular weight is 462 g/mol. The molecule has 9 heteroatoms. The average Bonchev–Trinajstić information content (AvgIpc) is 3.06. The lowest BCUT2D eigenvalue weighted by atomic mass is 9.76. The summed E-state index contributed by atoms with van der Waals surface area (Å²) in [6.45, 7) is 6.14. The maximum absolute atomic E-state index is 13.8. The quantitative estimate of drug-likeness (QED) is 0.668. The summed E-state index contributed by atoms with van der Waals surface area (Å²) < 4.78 is 40.3. The predicted molar refractivity (Wildman–Crippen MR) is 116 cm³/mol. The number of nitrogens with one attached hydrogen (secondary N) is 1. The van der Waals surface area contributed by atoms with Crippen molar-refractivity contribution in [3.8, 4) is 0 Å². The third-order valence-corrected chi connectivity index (χ3v) is 6.56. The first-order valence-electron chi connectivity index (χ1n) is 11.4. The van der Waals surface area contributed by atoms with E-state index in [1.165, 1.54) is 6.07 Å². The van der Waals surface area contributed by atoms with Crippen LogP contribution in [0.15, 0.2) is 18.2 Å². The zero-order valence-electron chi connectivity index (χ0n) is 19.0. The zero-order valence-corrected chi connectivity index (χ0v) is 19.0. The second-order valence-electron chi connectivity index (χ2n) is 9.08. The van der Waals surface area contributed by atoms with Gasteiger partial charge in [-0.3, -0.25) is 9.48 Å². The number of esters is 1. The lowest BCUT2D eigenvalue weighted by Crippen LogP contribution is -2.41. The maximum Gasteiger partial charge on any atom is 0.344 e. The first kappa shape index (κ1) is 23.4. The van der Waals surface area contributed by atoms with Crippen LogP contribution < -0.4 is 5.32 Å². The molecule has 1 aromatic carbocycles. The lowest BCUT2D eigenvalue weighted by Gasteiger charge is -2.36. The topological polar surface area (TPSA) is 82.5 Å². The summed E-state index contributed by atoms with van der Waals surface area (Å²) in [5.41, 5.74) is 1.51. The number of benzene rings is 1. The SMILES string of the molecule is CCc1nn(C[C@@H](C)COC(=O)c2c(F)cccc2F)c2c1C(=O)NCC1(CCOCC1)C2. The van der Waals surface area contributed by atoms with Crippen molar-refractivity contribution in [3.05, 3.63) is 52.3 Å². The monoisotopic (exact) mass is 461 g/mol. The summed E-state index contributed by atoms with van der Waals surface area (Å²) in [6, 6.07) is 3.23. The van der Waals surface area contributed by atoms with Crippen LogP contribution in [0.4, 0.5) is 8.78 Å². The Morgan fingerprint density at radius 2 is 2.00 bits per heavy atom. The van der Waals surface area contributed by atoms with Crippen molar-refractivity contribution in [3.63, 3.8) is 0 Å². The number of fused-ring (bicyclic) bond motifs is 1. The van der Waals surface area contributed by atoms with E-state index >= 15 is 0 Å². The highest BCUT2D eigenvalue weighted by molar-refractivity contribution is 5.97. The summed E-state index contributed by atoms with van der Waals surface area (Å²) in [5, 5.41) is 7.78. The third kappa shape index (κ3) is 4.78. The van der Waals surface area contributed by atoms with Gasteiger partial charge in [0.05, 0.1) is 23.6 Å². The molecule has 1 atom stereocenters. The number of carbonyl (C=O) groups is 2. The molecule has 7 nitrogen and oxygen atoms in total. The highest BCUT2D eigenvalue weighted by atomic mass is 19.1. The van der Waals surface area contributed by atoms with Crippen molar-refractivity contribution < 1.29 is 27.8 Å². The molecular weight excluding hydrogens is 432 g/mol. The minimum absolute atomic E-state index is 0.0339. The molecule has 1 spiro atoms. The number of rotatable bonds is 6. The Labute approximate surface area is 191 Å². The molecule has 2 aromatic rings. The normalized spacial score (nSPS) is 18.4. The van der Waals surface area contributed by atoms with E-state index in [0.717, 1.165) is 36.4 Å². The van der Waals surface area contributed by atoms with E-state index in [-0.39, 0.29) is 23.8 Å². The molecule has 3 heterocycles. The van der Waals surface area contributed by atoms with Crippen LogP contribution in [0.5, 0.6) is 0 Å². The van der Waals surface area contributed by atoms with Gasteiger partial charge in [0.15, 0.2) is 0 Å². The molecule has 0 saturated carbocycles. The number of carbonyl (C=O) groups excluding carboxylic acids is 2. The molecule has 2 aliphatic heterocycles. The molecule has 0 bridgehead atoms. The molecule has 178 valence electrons. The first-order valence-corrected chi connectivity index (χ1v) is 11.4. The van der Waals surface area contributed by atoms with Crippen LogP contribution in [0.2, 0.25) is 0 Å². The Hall–Kier alpha value is -2.81. The number of aryl methyl sites for hydroxylation is 1. The second kappa shape index (κ2) is 9.59. The summed E-state index contributed by atoms with van der Waals surface area (Å²) >= 11 is 0. The molecule has 1 saturated heterocycles. The molecule has 0 unspecified atom stereocenters. The van der Waals surface area contributed by atoms with Gasteiger partial charge >= 0.3 is 5.97 Å². The van der Waals surface area contributed by atoms with Gasteiger partial charge in [0.1, 0.15) is 17.2 Å². The molecule has 33 heavy (non-hydrogen) atoms. The van der Waals surface area contributed by atoms with Crippen LogP contribution in [0.1, 0.15) is 58.8 Å². The van der Waals surface area contributed by atoms with Gasteiger partial charge in [0, 0.05) is 32.2 Å². The van der Waals surface area contributed by atoms with Crippen LogP contribution in [-0.4, -0.2) is 48.0 Å². The molecule has 1 amide bonds. The number of aromatic nitrogens is 2. The lowest BCUT2D eigenvalue weighted by molar-refractivity contribution is 0.0151. The molecule has 1 fully saturated rings. The number of hydrogen-bond acceptors (Lipinski definition) is 5. The smallest absolute Gasteiger partial charge is 0.344 e. The number of nitrogens with zero attached hydrogens (tertiary/aromatic N) is 2. The van der Waals surface area contributed by atoms with Crippen molar-refractivity contribution in [2.24, 2.45) is 11.3 Å². The van der Waals surface area contributed by atoms with Gasteiger partial charge in [-0.05, 0) is 43.2 Å².